The van der Waals surface area contributed by atoms with E-state index in [0.29, 0.717) is 37.9 Å². The molecule has 0 aromatic carbocycles. The highest BCUT2D eigenvalue weighted by Crippen LogP contribution is 2.08. The van der Waals surface area contributed by atoms with Crippen molar-refractivity contribution in [3.8, 4) is 0 Å². The third kappa shape index (κ3) is 15.5. The minimum atomic E-state index is -0.315. The van der Waals surface area contributed by atoms with Gasteiger partial charge in [0.05, 0.1) is 39.1 Å². The van der Waals surface area contributed by atoms with E-state index in [0.717, 1.165) is 5.75 Å². The van der Waals surface area contributed by atoms with Crippen molar-refractivity contribution in [3.05, 3.63) is 0 Å². The summed E-state index contributed by atoms with van der Waals surface area (Å²) in [6, 6.07) is -0.315. The minimum absolute atomic E-state index is 0.00330. The Morgan fingerprint density at radius 2 is 1.26 bits per heavy atom. The van der Waals surface area contributed by atoms with Crippen LogP contribution in [-0.4, -0.2) is 86.1 Å². The fraction of sp³-hybridized carbons (Fsp3) is 0.870. The van der Waals surface area contributed by atoms with Crippen LogP contribution in [0.1, 0.15) is 54.4 Å². The van der Waals surface area contributed by atoms with Gasteiger partial charge in [0.15, 0.2) is 0 Å². The smallest absolute Gasteiger partial charge is 0.248 e. The number of amides is 1. The molecule has 0 atom stereocenters. The van der Waals surface area contributed by atoms with Crippen LogP contribution in [0.2, 0.25) is 0 Å². The second kappa shape index (κ2) is 17.6. The lowest BCUT2D eigenvalue weighted by atomic mass is 10.1. The molecule has 0 aliphatic heterocycles. The molecule has 8 heteroatoms. The molecule has 0 rings (SSSR count). The topological polar surface area (TPSA) is 82.1 Å². The Bertz CT molecular complexity index is 496. The van der Waals surface area contributed by atoms with Crippen molar-refractivity contribution in [2.75, 3.05) is 52.4 Å². The predicted octanol–water partition coefficient (Wildman–Crippen LogP) is 3.24. The summed E-state index contributed by atoms with van der Waals surface area (Å²) in [7, 11) is 1.70. The Balaban J connectivity index is 4.54. The van der Waals surface area contributed by atoms with Crippen LogP contribution in [0.25, 0.3) is 0 Å². The predicted molar refractivity (Wildman–Crippen MR) is 126 cm³/mol. The number of nitrogens with zero attached hydrogens (tertiary/aromatic N) is 1. The Hall–Kier alpha value is -0.960. The first-order valence-corrected chi connectivity index (χ1v) is 12.3. The molecule has 1 amide bonds. The largest absolute Gasteiger partial charge is 0.379 e. The van der Waals surface area contributed by atoms with Gasteiger partial charge in [0.1, 0.15) is 18.2 Å². The lowest BCUT2D eigenvalue weighted by molar-refractivity contribution is -0.140. The summed E-state index contributed by atoms with van der Waals surface area (Å²) in [5, 5.41) is 0.533. The van der Waals surface area contributed by atoms with Crippen molar-refractivity contribution in [3.63, 3.8) is 0 Å². The third-order valence-corrected chi connectivity index (χ3v) is 5.81. The lowest BCUT2D eigenvalue weighted by Gasteiger charge is -2.28. The number of hydrogen-bond acceptors (Lipinski definition) is 7. The number of Topliss-reactive ketones (excluding diaryl/α,β-unsaturated/α-hetero) is 2. The standard InChI is InChI=1S/C23H43NO6S/c1-17(2)21(25)8-10-28-14-20(15-29-11-9-22(26)18(3)4)24(7)23(27)16-30-12-13-31-19(5)6/h17-20H,8-16H2,1-7H3. The number of ketones is 2. The van der Waals surface area contributed by atoms with Crippen molar-refractivity contribution in [1.82, 2.24) is 4.90 Å². The van der Waals surface area contributed by atoms with Crippen molar-refractivity contribution in [2.24, 2.45) is 11.8 Å². The van der Waals surface area contributed by atoms with Crippen molar-refractivity contribution in [1.29, 1.82) is 0 Å². The normalized spacial score (nSPS) is 11.7. The van der Waals surface area contributed by atoms with E-state index in [9.17, 15) is 14.4 Å². The van der Waals surface area contributed by atoms with Gasteiger partial charge in [-0.3, -0.25) is 14.4 Å². The van der Waals surface area contributed by atoms with Crippen LogP contribution in [-0.2, 0) is 28.6 Å². The van der Waals surface area contributed by atoms with Crippen LogP contribution in [0.3, 0.4) is 0 Å². The van der Waals surface area contributed by atoms with E-state index in [2.05, 4.69) is 13.8 Å². The van der Waals surface area contributed by atoms with Crippen LogP contribution >= 0.6 is 11.8 Å². The molecular formula is C23H43NO6S. The number of rotatable bonds is 19. The highest BCUT2D eigenvalue weighted by atomic mass is 32.2. The van der Waals surface area contributed by atoms with E-state index in [4.69, 9.17) is 14.2 Å². The summed E-state index contributed by atoms with van der Waals surface area (Å²) < 4.78 is 16.8. The molecular weight excluding hydrogens is 418 g/mol. The quantitative estimate of drug-likeness (QED) is 0.273. The van der Waals surface area contributed by atoms with Crippen molar-refractivity contribution in [2.45, 2.75) is 65.7 Å². The molecule has 0 aliphatic carbocycles. The van der Waals surface area contributed by atoms with Crippen LogP contribution in [0, 0.1) is 11.8 Å². The number of thioether (sulfide) groups is 1. The Morgan fingerprint density at radius 1 is 0.774 bits per heavy atom. The van der Waals surface area contributed by atoms with E-state index in [-0.39, 0.29) is 55.2 Å². The fourth-order valence-corrected chi connectivity index (χ4v) is 3.13. The molecule has 0 N–H and O–H groups in total. The van der Waals surface area contributed by atoms with Gasteiger partial charge in [-0.15, -0.1) is 0 Å². The maximum atomic E-state index is 12.5. The maximum absolute atomic E-state index is 12.5. The van der Waals surface area contributed by atoms with Gasteiger partial charge in [0, 0.05) is 37.5 Å². The summed E-state index contributed by atoms with van der Waals surface area (Å²) in [5.74, 6) is 0.961. The molecule has 0 aromatic heterocycles. The average Bonchev–Trinajstić information content (AvgIpc) is 2.70. The van der Waals surface area contributed by atoms with Gasteiger partial charge in [-0.05, 0) is 5.25 Å². The number of ether oxygens (including phenoxy) is 3. The third-order valence-electron chi connectivity index (χ3n) is 4.74. The maximum Gasteiger partial charge on any atom is 0.248 e. The zero-order valence-corrected chi connectivity index (χ0v) is 21.3. The highest BCUT2D eigenvalue weighted by Gasteiger charge is 2.21. The summed E-state index contributed by atoms with van der Waals surface area (Å²) in [6.45, 7) is 13.4. The summed E-state index contributed by atoms with van der Waals surface area (Å²) >= 11 is 1.79. The molecule has 0 aliphatic rings. The van der Waals surface area contributed by atoms with Gasteiger partial charge >= 0.3 is 0 Å². The minimum Gasteiger partial charge on any atom is -0.379 e. The second-order valence-corrected chi connectivity index (χ2v) is 10.2. The van der Waals surface area contributed by atoms with Crippen molar-refractivity contribution < 1.29 is 28.6 Å². The molecule has 0 heterocycles. The first-order valence-electron chi connectivity index (χ1n) is 11.2. The number of hydrogen-bond donors (Lipinski definition) is 0. The Labute approximate surface area is 192 Å². The molecule has 7 nitrogen and oxygen atoms in total. The number of carbonyl (C=O) groups excluding carboxylic acids is 3. The Kier molecular flexibility index (Phi) is 17.0. The Morgan fingerprint density at radius 3 is 1.68 bits per heavy atom. The first-order chi connectivity index (χ1) is 14.6. The summed E-state index contributed by atoms with van der Waals surface area (Å²) in [4.78, 5) is 37.6. The molecule has 0 saturated heterocycles. The zero-order chi connectivity index (χ0) is 23.8. The lowest BCUT2D eigenvalue weighted by Crippen LogP contribution is -2.45. The van der Waals surface area contributed by atoms with E-state index in [1.807, 2.05) is 27.7 Å². The zero-order valence-electron chi connectivity index (χ0n) is 20.5. The number of carbonyl (C=O) groups is 3. The van der Waals surface area contributed by atoms with E-state index >= 15 is 0 Å². The van der Waals surface area contributed by atoms with Crippen LogP contribution in [0.15, 0.2) is 0 Å². The van der Waals surface area contributed by atoms with Gasteiger partial charge in [-0.25, -0.2) is 0 Å². The molecule has 31 heavy (non-hydrogen) atoms. The van der Waals surface area contributed by atoms with E-state index in [1.165, 1.54) is 0 Å². The van der Waals surface area contributed by atoms with Gasteiger partial charge in [-0.1, -0.05) is 41.5 Å². The molecule has 0 spiro atoms. The molecule has 182 valence electrons. The molecule has 0 saturated carbocycles. The van der Waals surface area contributed by atoms with E-state index < -0.39 is 0 Å². The molecule has 0 unspecified atom stereocenters. The van der Waals surface area contributed by atoms with Gasteiger partial charge in [0.2, 0.25) is 5.91 Å². The van der Waals surface area contributed by atoms with Crippen LogP contribution in [0.4, 0.5) is 0 Å². The van der Waals surface area contributed by atoms with Crippen LogP contribution in [0.5, 0.6) is 0 Å². The molecule has 0 radical (unpaired) electrons. The van der Waals surface area contributed by atoms with E-state index in [1.54, 1.807) is 23.7 Å². The number of likely N-dealkylation sites (N-methyl/N-ethyl adjacent to an activating group) is 1. The molecule has 0 bridgehead atoms. The van der Waals surface area contributed by atoms with Crippen molar-refractivity contribution >= 4 is 29.2 Å². The summed E-state index contributed by atoms with van der Waals surface area (Å²) in [5.41, 5.74) is 0. The van der Waals surface area contributed by atoms with Gasteiger partial charge in [-0.2, -0.15) is 11.8 Å². The highest BCUT2D eigenvalue weighted by molar-refractivity contribution is 7.99. The SMILES string of the molecule is CC(C)SCCOCC(=O)N(C)C(COCCC(=O)C(C)C)COCCC(=O)C(C)C. The van der Waals surface area contributed by atoms with Gasteiger partial charge in [0.25, 0.3) is 0 Å². The first kappa shape index (κ1) is 30.0. The molecule has 0 aromatic rings. The summed E-state index contributed by atoms with van der Waals surface area (Å²) in [6.07, 6.45) is 0.699. The van der Waals surface area contributed by atoms with Crippen LogP contribution < -0.4 is 0 Å². The van der Waals surface area contributed by atoms with Gasteiger partial charge < -0.3 is 19.1 Å². The average molecular weight is 462 g/mol. The second-order valence-electron chi connectivity index (χ2n) is 8.52. The fourth-order valence-electron chi connectivity index (χ4n) is 2.44. The monoisotopic (exact) mass is 461 g/mol. The molecule has 0 fully saturated rings.